The Morgan fingerprint density at radius 2 is 1.80 bits per heavy atom. The van der Waals surface area contributed by atoms with Gasteiger partial charge in [0.05, 0.1) is 32.0 Å². The molecule has 1 heterocycles. The largest absolute Gasteiger partial charge is 0.493 e. The van der Waals surface area contributed by atoms with E-state index in [0.717, 1.165) is 17.7 Å². The Morgan fingerprint density at radius 1 is 1.07 bits per heavy atom. The summed E-state index contributed by atoms with van der Waals surface area (Å²) in [4.78, 5) is 12.9. The number of hydrogen-bond donors (Lipinski definition) is 0. The highest BCUT2D eigenvalue weighted by Gasteiger charge is 2.34. The van der Waals surface area contributed by atoms with Crippen molar-refractivity contribution in [1.82, 2.24) is 5.01 Å². The van der Waals surface area contributed by atoms with Crippen LogP contribution in [0.5, 0.6) is 11.5 Å². The molecule has 1 amide bonds. The minimum Gasteiger partial charge on any atom is -0.493 e. The van der Waals surface area contributed by atoms with Gasteiger partial charge in [0.25, 0.3) is 5.91 Å². The van der Waals surface area contributed by atoms with Gasteiger partial charge in [0.1, 0.15) is 0 Å². The van der Waals surface area contributed by atoms with Crippen LogP contribution in [-0.2, 0) is 15.7 Å². The zero-order chi connectivity index (χ0) is 21.9. The molecule has 1 atom stereocenters. The second kappa shape index (κ2) is 8.74. The highest BCUT2D eigenvalue weighted by atomic mass is 19.4. The molecule has 0 saturated heterocycles. The summed E-state index contributed by atoms with van der Waals surface area (Å²) in [5, 5.41) is 5.58. The molecule has 3 rings (SSSR count). The summed E-state index contributed by atoms with van der Waals surface area (Å²) < 4.78 is 54.8. The number of carbonyl (C=O) groups excluding carboxylic acids is 1. The van der Waals surface area contributed by atoms with Gasteiger partial charge in [-0.15, -0.1) is 0 Å². The molecule has 0 N–H and O–H groups in total. The summed E-state index contributed by atoms with van der Waals surface area (Å²) in [6, 6.07) is 9.84. The van der Waals surface area contributed by atoms with Gasteiger partial charge in [0, 0.05) is 19.1 Å². The van der Waals surface area contributed by atoms with E-state index in [-0.39, 0.29) is 5.56 Å². The van der Waals surface area contributed by atoms with Crippen molar-refractivity contribution in [2.45, 2.75) is 18.7 Å². The van der Waals surface area contributed by atoms with Gasteiger partial charge in [0.2, 0.25) is 0 Å². The van der Waals surface area contributed by atoms with Crippen LogP contribution in [0.4, 0.5) is 13.2 Å². The second-order valence-electron chi connectivity index (χ2n) is 6.57. The third-order valence-electron chi connectivity index (χ3n) is 4.75. The van der Waals surface area contributed by atoms with Gasteiger partial charge in [-0.05, 0) is 35.9 Å². The van der Waals surface area contributed by atoms with E-state index in [1.165, 1.54) is 38.5 Å². The average molecular weight is 422 g/mol. The molecule has 0 saturated carbocycles. The molecule has 0 fully saturated rings. The second-order valence-corrected chi connectivity index (χ2v) is 6.57. The lowest BCUT2D eigenvalue weighted by atomic mass is 10.0. The number of carbonyl (C=O) groups is 1. The lowest BCUT2D eigenvalue weighted by Gasteiger charge is -2.20. The van der Waals surface area contributed by atoms with Crippen molar-refractivity contribution in [3.63, 3.8) is 0 Å². The van der Waals surface area contributed by atoms with Crippen LogP contribution in [0.25, 0.3) is 0 Å². The van der Waals surface area contributed by atoms with E-state index < -0.39 is 23.8 Å². The number of ether oxygens (including phenoxy) is 3. The number of nitrogens with zero attached hydrogens (tertiary/aromatic N) is 2. The standard InChI is InChI=1S/C21H21F3N2O4/c1-28-17-8-7-13(12-18(17)29-2)16-9-10-26(25-16)20(27)19(30-3)14-5-4-6-15(11-14)21(22,23)24/h4-8,11-12,19H,9-10H2,1-3H3. The Balaban J connectivity index is 1.84. The maximum atomic E-state index is 13.0. The van der Waals surface area contributed by atoms with Crippen molar-refractivity contribution >= 4 is 11.6 Å². The van der Waals surface area contributed by atoms with E-state index in [9.17, 15) is 18.0 Å². The molecule has 2 aromatic carbocycles. The van der Waals surface area contributed by atoms with E-state index in [0.29, 0.717) is 30.2 Å². The first-order valence-electron chi connectivity index (χ1n) is 9.09. The normalized spacial score (nSPS) is 15.0. The Bertz CT molecular complexity index is 960. The monoisotopic (exact) mass is 422 g/mol. The SMILES string of the molecule is COc1ccc(C2=NN(C(=O)C(OC)c3cccc(C(F)(F)F)c3)CC2)cc1OC. The van der Waals surface area contributed by atoms with Gasteiger partial charge >= 0.3 is 6.18 Å². The Morgan fingerprint density at radius 3 is 2.43 bits per heavy atom. The summed E-state index contributed by atoms with van der Waals surface area (Å²) in [5.74, 6) is 0.560. The maximum Gasteiger partial charge on any atom is 0.416 e. The molecule has 9 heteroatoms. The van der Waals surface area contributed by atoms with Crippen LogP contribution in [0.15, 0.2) is 47.6 Å². The first-order chi connectivity index (χ1) is 14.3. The summed E-state index contributed by atoms with van der Waals surface area (Å²) in [5.41, 5.74) is 0.692. The van der Waals surface area contributed by atoms with Gasteiger partial charge in [-0.1, -0.05) is 12.1 Å². The van der Waals surface area contributed by atoms with Crippen LogP contribution in [-0.4, -0.2) is 44.5 Å². The summed E-state index contributed by atoms with van der Waals surface area (Å²) in [6.45, 7) is 0.293. The van der Waals surface area contributed by atoms with Crippen molar-refractivity contribution < 1.29 is 32.2 Å². The van der Waals surface area contributed by atoms with E-state index in [1.54, 1.807) is 18.2 Å². The highest BCUT2D eigenvalue weighted by Crippen LogP contribution is 2.33. The maximum absolute atomic E-state index is 13.0. The van der Waals surface area contributed by atoms with Crippen molar-refractivity contribution in [2.24, 2.45) is 5.10 Å². The molecule has 0 radical (unpaired) electrons. The Hall–Kier alpha value is -3.07. The van der Waals surface area contributed by atoms with Gasteiger partial charge in [0.15, 0.2) is 17.6 Å². The van der Waals surface area contributed by atoms with Crippen molar-refractivity contribution in [3.8, 4) is 11.5 Å². The molecular weight excluding hydrogens is 401 g/mol. The predicted molar refractivity (Wildman–Crippen MR) is 104 cm³/mol. The number of halogens is 3. The number of methoxy groups -OCH3 is 3. The first-order valence-corrected chi connectivity index (χ1v) is 9.09. The average Bonchev–Trinajstić information content (AvgIpc) is 3.23. The van der Waals surface area contributed by atoms with Crippen LogP contribution >= 0.6 is 0 Å². The molecule has 1 aliphatic rings. The number of benzene rings is 2. The molecule has 0 spiro atoms. The fourth-order valence-electron chi connectivity index (χ4n) is 3.23. The predicted octanol–water partition coefficient (Wildman–Crippen LogP) is 4.05. The number of amides is 1. The molecule has 160 valence electrons. The van der Waals surface area contributed by atoms with Gasteiger partial charge in [-0.25, -0.2) is 5.01 Å². The third kappa shape index (κ3) is 4.40. The zero-order valence-electron chi connectivity index (χ0n) is 16.7. The molecule has 2 aromatic rings. The molecule has 30 heavy (non-hydrogen) atoms. The molecule has 1 aliphatic heterocycles. The quantitative estimate of drug-likeness (QED) is 0.705. The van der Waals surface area contributed by atoms with E-state index in [2.05, 4.69) is 5.10 Å². The summed E-state index contributed by atoms with van der Waals surface area (Å²) >= 11 is 0. The van der Waals surface area contributed by atoms with Gasteiger partial charge < -0.3 is 14.2 Å². The lowest BCUT2D eigenvalue weighted by molar-refractivity contribution is -0.143. The zero-order valence-corrected chi connectivity index (χ0v) is 16.7. The smallest absolute Gasteiger partial charge is 0.416 e. The molecule has 6 nitrogen and oxygen atoms in total. The number of hydrazone groups is 1. The van der Waals surface area contributed by atoms with Crippen LogP contribution in [0.3, 0.4) is 0 Å². The fraction of sp³-hybridized carbons (Fsp3) is 0.333. The van der Waals surface area contributed by atoms with Gasteiger partial charge in [-0.2, -0.15) is 18.3 Å². The van der Waals surface area contributed by atoms with Crippen LogP contribution in [0.1, 0.15) is 29.2 Å². The minimum absolute atomic E-state index is 0.118. The van der Waals surface area contributed by atoms with Crippen molar-refractivity contribution in [1.29, 1.82) is 0 Å². The number of hydrogen-bond acceptors (Lipinski definition) is 5. The van der Waals surface area contributed by atoms with Crippen LogP contribution < -0.4 is 9.47 Å². The first kappa shape index (κ1) is 21.6. The van der Waals surface area contributed by atoms with E-state index >= 15 is 0 Å². The molecule has 0 aliphatic carbocycles. The van der Waals surface area contributed by atoms with E-state index in [4.69, 9.17) is 14.2 Å². The molecular formula is C21H21F3N2O4. The summed E-state index contributed by atoms with van der Waals surface area (Å²) in [7, 11) is 4.33. The third-order valence-corrected chi connectivity index (χ3v) is 4.75. The Kier molecular flexibility index (Phi) is 6.31. The fourth-order valence-corrected chi connectivity index (χ4v) is 3.23. The van der Waals surface area contributed by atoms with Gasteiger partial charge in [-0.3, -0.25) is 4.79 Å². The van der Waals surface area contributed by atoms with Crippen molar-refractivity contribution in [2.75, 3.05) is 27.9 Å². The Labute approximate surface area is 171 Å². The highest BCUT2D eigenvalue weighted by molar-refractivity contribution is 6.03. The summed E-state index contributed by atoms with van der Waals surface area (Å²) in [6.07, 6.45) is -5.22. The number of alkyl halides is 3. The van der Waals surface area contributed by atoms with Crippen LogP contribution in [0, 0.1) is 0 Å². The molecule has 0 bridgehead atoms. The van der Waals surface area contributed by atoms with Crippen molar-refractivity contribution in [3.05, 3.63) is 59.2 Å². The van der Waals surface area contributed by atoms with Crippen LogP contribution in [0.2, 0.25) is 0 Å². The number of rotatable bonds is 6. The molecule has 1 unspecified atom stereocenters. The van der Waals surface area contributed by atoms with E-state index in [1.807, 2.05) is 0 Å². The molecule has 0 aromatic heterocycles. The lowest BCUT2D eigenvalue weighted by Crippen LogP contribution is -2.30. The minimum atomic E-state index is -4.51. The topological polar surface area (TPSA) is 60.4 Å².